The van der Waals surface area contributed by atoms with E-state index < -0.39 is 6.10 Å². The number of allylic oxidation sites excluding steroid dienone is 6. The summed E-state index contributed by atoms with van der Waals surface area (Å²) in [5.74, 6) is -0.871. The highest BCUT2D eigenvalue weighted by molar-refractivity contribution is 5.71. The maximum atomic E-state index is 12.8. The van der Waals surface area contributed by atoms with Crippen molar-refractivity contribution >= 4 is 17.9 Å². The van der Waals surface area contributed by atoms with Crippen LogP contribution in [0.1, 0.15) is 303 Å². The van der Waals surface area contributed by atoms with E-state index in [0.29, 0.717) is 19.3 Å². The van der Waals surface area contributed by atoms with E-state index in [1.165, 1.54) is 193 Å². The van der Waals surface area contributed by atoms with Crippen LogP contribution in [0.5, 0.6) is 0 Å². The van der Waals surface area contributed by atoms with E-state index in [1.54, 1.807) is 0 Å². The Morgan fingerprint density at radius 1 is 0.308 bits per heavy atom. The molecule has 0 heterocycles. The van der Waals surface area contributed by atoms with Crippen LogP contribution in [0, 0.1) is 0 Å². The summed E-state index contributed by atoms with van der Waals surface area (Å²) in [6.07, 6.45) is 64.1. The monoisotopic (exact) mass is 913 g/mol. The zero-order valence-electron chi connectivity index (χ0n) is 43.5. The predicted molar refractivity (Wildman–Crippen MR) is 279 cm³/mol. The van der Waals surface area contributed by atoms with Gasteiger partial charge in [0.1, 0.15) is 13.2 Å². The molecule has 1 unspecified atom stereocenters. The number of rotatable bonds is 52. The van der Waals surface area contributed by atoms with Crippen LogP contribution in [-0.2, 0) is 28.6 Å². The van der Waals surface area contributed by atoms with E-state index in [0.717, 1.165) is 70.6 Å². The summed E-state index contributed by atoms with van der Waals surface area (Å²) in [7, 11) is 0. The van der Waals surface area contributed by atoms with Gasteiger partial charge < -0.3 is 14.2 Å². The summed E-state index contributed by atoms with van der Waals surface area (Å²) >= 11 is 0. The van der Waals surface area contributed by atoms with E-state index in [1.807, 2.05) is 0 Å². The third-order valence-electron chi connectivity index (χ3n) is 12.6. The van der Waals surface area contributed by atoms with Crippen LogP contribution in [0.4, 0.5) is 0 Å². The lowest BCUT2D eigenvalue weighted by Crippen LogP contribution is -2.30. The van der Waals surface area contributed by atoms with Crippen molar-refractivity contribution in [2.45, 2.75) is 309 Å². The van der Waals surface area contributed by atoms with Crippen molar-refractivity contribution in [3.8, 4) is 0 Å². The van der Waals surface area contributed by atoms with Crippen molar-refractivity contribution < 1.29 is 28.6 Å². The molecule has 0 aliphatic carbocycles. The number of unbranched alkanes of at least 4 members (excludes halogenated alkanes) is 35. The van der Waals surface area contributed by atoms with Crippen molar-refractivity contribution in [3.05, 3.63) is 36.5 Å². The Morgan fingerprint density at radius 3 is 0.877 bits per heavy atom. The minimum atomic E-state index is -0.774. The molecule has 0 amide bonds. The van der Waals surface area contributed by atoms with Gasteiger partial charge in [-0.2, -0.15) is 0 Å². The molecule has 0 bridgehead atoms. The van der Waals surface area contributed by atoms with Gasteiger partial charge in [-0.1, -0.05) is 243 Å². The number of carbonyl (C=O) groups is 3. The molecule has 0 saturated carbocycles. The van der Waals surface area contributed by atoms with Crippen LogP contribution in [-0.4, -0.2) is 37.2 Å². The summed E-state index contributed by atoms with van der Waals surface area (Å²) in [6, 6.07) is 0. The molecular weight excluding hydrogens is 805 g/mol. The molecule has 0 fully saturated rings. The van der Waals surface area contributed by atoms with Crippen molar-refractivity contribution in [1.29, 1.82) is 0 Å². The molecule has 6 heteroatoms. The fourth-order valence-corrected chi connectivity index (χ4v) is 8.29. The SMILES string of the molecule is CCCCCC/C=C\C/C=C\CCCCCCCCCC(=O)OCC(COC(=O)CCCCCCCCCCCCC)OC(=O)CCCCCCCCC/C=C\CCCCCCCCC. The van der Waals surface area contributed by atoms with Gasteiger partial charge in [-0.05, 0) is 77.0 Å². The van der Waals surface area contributed by atoms with Crippen LogP contribution in [0.2, 0.25) is 0 Å². The molecule has 0 radical (unpaired) electrons. The van der Waals surface area contributed by atoms with Gasteiger partial charge in [0.05, 0.1) is 0 Å². The normalized spacial score (nSPS) is 12.2. The van der Waals surface area contributed by atoms with Crippen LogP contribution >= 0.6 is 0 Å². The molecule has 0 N–H and O–H groups in total. The second-order valence-corrected chi connectivity index (χ2v) is 19.2. The minimum absolute atomic E-state index is 0.0732. The lowest BCUT2D eigenvalue weighted by atomic mass is 10.1. The summed E-state index contributed by atoms with van der Waals surface area (Å²) < 4.78 is 16.8. The Labute approximate surface area is 404 Å². The number of carbonyl (C=O) groups excluding carboxylic acids is 3. The molecule has 0 aromatic carbocycles. The van der Waals surface area contributed by atoms with E-state index in [2.05, 4.69) is 57.2 Å². The number of esters is 3. The number of ether oxygens (including phenoxy) is 3. The molecule has 0 spiro atoms. The molecule has 0 aliphatic heterocycles. The van der Waals surface area contributed by atoms with Gasteiger partial charge in [0.15, 0.2) is 6.10 Å². The van der Waals surface area contributed by atoms with Crippen molar-refractivity contribution in [1.82, 2.24) is 0 Å². The van der Waals surface area contributed by atoms with Gasteiger partial charge in [0.2, 0.25) is 0 Å². The zero-order valence-corrected chi connectivity index (χ0v) is 43.5. The summed E-state index contributed by atoms with van der Waals surface area (Å²) in [5, 5.41) is 0. The third-order valence-corrected chi connectivity index (χ3v) is 12.6. The van der Waals surface area contributed by atoms with Gasteiger partial charge in [-0.15, -0.1) is 0 Å². The van der Waals surface area contributed by atoms with Crippen molar-refractivity contribution in [2.24, 2.45) is 0 Å². The van der Waals surface area contributed by atoms with Crippen LogP contribution in [0.25, 0.3) is 0 Å². The van der Waals surface area contributed by atoms with E-state index in [-0.39, 0.29) is 31.1 Å². The van der Waals surface area contributed by atoms with Crippen molar-refractivity contribution in [3.63, 3.8) is 0 Å². The van der Waals surface area contributed by atoms with Gasteiger partial charge in [-0.25, -0.2) is 0 Å². The molecule has 0 aliphatic rings. The standard InChI is InChI=1S/C59H108O6/c1-4-7-10-13-16-19-22-24-26-28-30-32-34-37-40-43-46-49-52-58(61)64-55-56(54-63-57(60)51-48-45-42-39-36-21-18-15-12-9-6-3)65-59(62)53-50-47-44-41-38-35-33-31-29-27-25-23-20-17-14-11-8-5-2/h19,22,26-29,56H,4-18,20-21,23-25,30-55H2,1-3H3/b22-19-,28-26-,29-27-. The average Bonchev–Trinajstić information content (AvgIpc) is 3.30. The molecule has 6 nitrogen and oxygen atoms in total. The number of hydrogen-bond acceptors (Lipinski definition) is 6. The zero-order chi connectivity index (χ0) is 47.2. The maximum absolute atomic E-state index is 12.8. The van der Waals surface area contributed by atoms with Gasteiger partial charge >= 0.3 is 17.9 Å². The summed E-state index contributed by atoms with van der Waals surface area (Å²) in [6.45, 7) is 6.64. The largest absolute Gasteiger partial charge is 0.462 e. The number of hydrogen-bond donors (Lipinski definition) is 0. The maximum Gasteiger partial charge on any atom is 0.306 e. The Hall–Kier alpha value is -2.37. The fraction of sp³-hybridized carbons (Fsp3) is 0.847. The predicted octanol–water partition coefficient (Wildman–Crippen LogP) is 18.9. The van der Waals surface area contributed by atoms with Gasteiger partial charge in [-0.3, -0.25) is 14.4 Å². The van der Waals surface area contributed by atoms with Gasteiger partial charge in [0, 0.05) is 19.3 Å². The van der Waals surface area contributed by atoms with E-state index in [4.69, 9.17) is 14.2 Å². The first-order valence-corrected chi connectivity index (χ1v) is 28.5. The molecule has 65 heavy (non-hydrogen) atoms. The molecular formula is C59H108O6. The highest BCUT2D eigenvalue weighted by Crippen LogP contribution is 2.16. The first kappa shape index (κ1) is 62.6. The lowest BCUT2D eigenvalue weighted by Gasteiger charge is -2.18. The second-order valence-electron chi connectivity index (χ2n) is 19.2. The molecule has 1 atom stereocenters. The highest BCUT2D eigenvalue weighted by Gasteiger charge is 2.19. The average molecular weight is 914 g/mol. The first-order chi connectivity index (χ1) is 32.0. The Morgan fingerprint density at radius 2 is 0.554 bits per heavy atom. The third kappa shape index (κ3) is 52.5. The Kier molecular flexibility index (Phi) is 52.3. The van der Waals surface area contributed by atoms with Crippen LogP contribution in [0.15, 0.2) is 36.5 Å². The quantitative estimate of drug-likeness (QED) is 0.0262. The van der Waals surface area contributed by atoms with Crippen LogP contribution < -0.4 is 0 Å². The summed E-state index contributed by atoms with van der Waals surface area (Å²) in [4.78, 5) is 38.1. The molecule has 0 rings (SSSR count). The minimum Gasteiger partial charge on any atom is -0.462 e. The fourth-order valence-electron chi connectivity index (χ4n) is 8.29. The molecule has 0 aromatic heterocycles. The van der Waals surface area contributed by atoms with Gasteiger partial charge in [0.25, 0.3) is 0 Å². The van der Waals surface area contributed by atoms with Crippen LogP contribution in [0.3, 0.4) is 0 Å². The molecule has 380 valence electrons. The van der Waals surface area contributed by atoms with E-state index >= 15 is 0 Å². The summed E-state index contributed by atoms with van der Waals surface area (Å²) in [5.41, 5.74) is 0. The highest BCUT2D eigenvalue weighted by atomic mass is 16.6. The molecule has 0 saturated heterocycles. The second kappa shape index (κ2) is 54.2. The first-order valence-electron chi connectivity index (χ1n) is 28.5. The Balaban J connectivity index is 4.33. The lowest BCUT2D eigenvalue weighted by molar-refractivity contribution is -0.167. The topological polar surface area (TPSA) is 78.9 Å². The Bertz CT molecular complexity index is 1090. The van der Waals surface area contributed by atoms with Crippen molar-refractivity contribution in [2.75, 3.05) is 13.2 Å². The van der Waals surface area contributed by atoms with E-state index in [9.17, 15) is 14.4 Å². The smallest absolute Gasteiger partial charge is 0.306 e. The molecule has 0 aromatic rings.